The van der Waals surface area contributed by atoms with E-state index in [9.17, 15) is 0 Å². The van der Waals surface area contributed by atoms with Gasteiger partial charge in [0.25, 0.3) is 0 Å². The Kier molecular flexibility index (Phi) is 5.38. The van der Waals surface area contributed by atoms with Gasteiger partial charge in [0.1, 0.15) is 0 Å². The quantitative estimate of drug-likeness (QED) is 0.760. The van der Waals surface area contributed by atoms with Crippen LogP contribution in [0.15, 0.2) is 0 Å². The van der Waals surface area contributed by atoms with Crippen molar-refractivity contribution in [3.63, 3.8) is 0 Å². The lowest BCUT2D eigenvalue weighted by Gasteiger charge is -2.47. The molecule has 1 aliphatic heterocycles. The van der Waals surface area contributed by atoms with Crippen molar-refractivity contribution in [2.24, 2.45) is 11.7 Å². The zero-order valence-corrected chi connectivity index (χ0v) is 11.9. The van der Waals surface area contributed by atoms with Crippen LogP contribution in [0.5, 0.6) is 0 Å². The second-order valence-electron chi connectivity index (χ2n) is 5.44. The van der Waals surface area contributed by atoms with Gasteiger partial charge < -0.3 is 15.2 Å². The van der Waals surface area contributed by atoms with E-state index in [2.05, 4.69) is 32.7 Å². The molecule has 0 aromatic rings. The van der Waals surface area contributed by atoms with E-state index in [1.807, 2.05) is 0 Å². The van der Waals surface area contributed by atoms with Gasteiger partial charge in [0, 0.05) is 26.3 Å². The average Bonchev–Trinajstić information content (AvgIpc) is 2.71. The van der Waals surface area contributed by atoms with Crippen LogP contribution in [0.2, 0.25) is 0 Å². The minimum absolute atomic E-state index is 0.0959. The van der Waals surface area contributed by atoms with Gasteiger partial charge in [-0.25, -0.2) is 0 Å². The molecule has 1 saturated heterocycles. The molecule has 2 N–H and O–H groups in total. The Hall–Kier alpha value is -0.160. The van der Waals surface area contributed by atoms with Crippen LogP contribution in [0, 0.1) is 5.92 Å². The predicted molar refractivity (Wildman–Crippen MR) is 70.1 cm³/mol. The van der Waals surface area contributed by atoms with E-state index in [4.69, 9.17) is 15.2 Å². The molecule has 3 atom stereocenters. The average molecular weight is 244 g/mol. The van der Waals surface area contributed by atoms with E-state index in [0.717, 1.165) is 13.0 Å². The van der Waals surface area contributed by atoms with E-state index < -0.39 is 0 Å². The largest absolute Gasteiger partial charge is 0.383 e. The molecule has 0 spiro atoms. The van der Waals surface area contributed by atoms with Crippen LogP contribution in [0.4, 0.5) is 0 Å². The Balaban J connectivity index is 2.88. The Morgan fingerprint density at radius 2 is 2.18 bits per heavy atom. The van der Waals surface area contributed by atoms with Crippen molar-refractivity contribution in [2.45, 2.75) is 44.9 Å². The Morgan fingerprint density at radius 3 is 2.53 bits per heavy atom. The number of nitrogens with two attached hydrogens (primary N) is 1. The number of hydrogen-bond donors (Lipinski definition) is 1. The third-order valence-electron chi connectivity index (χ3n) is 4.36. The zero-order valence-electron chi connectivity index (χ0n) is 11.9. The summed E-state index contributed by atoms with van der Waals surface area (Å²) in [6.07, 6.45) is 1.36. The fourth-order valence-corrected chi connectivity index (χ4v) is 2.92. The highest BCUT2D eigenvalue weighted by molar-refractivity contribution is 4.98. The molecular formula is C13H28N2O2. The first kappa shape index (κ1) is 14.9. The predicted octanol–water partition coefficient (Wildman–Crippen LogP) is 1.10. The molecule has 0 aliphatic carbocycles. The third kappa shape index (κ3) is 2.81. The molecule has 1 fully saturated rings. The van der Waals surface area contributed by atoms with Gasteiger partial charge in [-0.05, 0) is 26.3 Å². The molecule has 0 amide bonds. The van der Waals surface area contributed by atoms with E-state index in [1.54, 1.807) is 7.11 Å². The molecule has 0 bridgehead atoms. The summed E-state index contributed by atoms with van der Waals surface area (Å²) >= 11 is 0. The molecule has 1 aliphatic rings. The molecule has 1 heterocycles. The first-order chi connectivity index (χ1) is 7.99. The van der Waals surface area contributed by atoms with Crippen molar-refractivity contribution in [1.82, 2.24) is 4.90 Å². The van der Waals surface area contributed by atoms with Gasteiger partial charge in [0.05, 0.1) is 18.2 Å². The van der Waals surface area contributed by atoms with Crippen LogP contribution in [0.3, 0.4) is 0 Å². The summed E-state index contributed by atoms with van der Waals surface area (Å²) in [6.45, 7) is 8.69. The van der Waals surface area contributed by atoms with Gasteiger partial charge >= 0.3 is 0 Å². The molecular weight excluding hydrogens is 216 g/mol. The second-order valence-corrected chi connectivity index (χ2v) is 5.44. The maximum absolute atomic E-state index is 6.05. The number of likely N-dealkylation sites (N-methyl/N-ethyl adjacent to an activating group) is 1. The molecule has 17 heavy (non-hydrogen) atoms. The Morgan fingerprint density at radius 1 is 1.53 bits per heavy atom. The summed E-state index contributed by atoms with van der Waals surface area (Å²) in [7, 11) is 3.90. The molecule has 0 saturated carbocycles. The highest BCUT2D eigenvalue weighted by Gasteiger charge is 2.43. The van der Waals surface area contributed by atoms with Crippen LogP contribution in [0.25, 0.3) is 0 Å². The van der Waals surface area contributed by atoms with Gasteiger partial charge in [0.2, 0.25) is 0 Å². The van der Waals surface area contributed by atoms with Crippen molar-refractivity contribution in [3.8, 4) is 0 Å². The van der Waals surface area contributed by atoms with Crippen molar-refractivity contribution < 1.29 is 9.47 Å². The molecule has 0 radical (unpaired) electrons. The lowest BCUT2D eigenvalue weighted by atomic mass is 9.83. The van der Waals surface area contributed by atoms with Gasteiger partial charge in [0.15, 0.2) is 0 Å². The van der Waals surface area contributed by atoms with Gasteiger partial charge in [-0.15, -0.1) is 0 Å². The number of rotatable bonds is 6. The molecule has 1 rings (SSSR count). The third-order valence-corrected chi connectivity index (χ3v) is 4.36. The van der Waals surface area contributed by atoms with Gasteiger partial charge in [-0.1, -0.05) is 13.8 Å². The van der Waals surface area contributed by atoms with Crippen LogP contribution < -0.4 is 5.73 Å². The highest BCUT2D eigenvalue weighted by Crippen LogP contribution is 2.30. The van der Waals surface area contributed by atoms with Crippen LogP contribution in [0.1, 0.15) is 27.2 Å². The van der Waals surface area contributed by atoms with Crippen molar-refractivity contribution in [3.05, 3.63) is 0 Å². The second kappa shape index (κ2) is 6.14. The van der Waals surface area contributed by atoms with Gasteiger partial charge in [-0.2, -0.15) is 0 Å². The smallest absolute Gasteiger partial charge is 0.0703 e. The standard InChI is InChI=1S/C13H28N2O2/c1-10(2)13(8-14,9-16-5)15(4)12-6-7-17-11(12)3/h10-12H,6-9,14H2,1-5H3. The monoisotopic (exact) mass is 244 g/mol. The minimum atomic E-state index is -0.0959. The normalized spacial score (nSPS) is 28.9. The summed E-state index contributed by atoms with van der Waals surface area (Å²) in [5, 5.41) is 0. The topological polar surface area (TPSA) is 47.7 Å². The van der Waals surface area contributed by atoms with E-state index >= 15 is 0 Å². The number of methoxy groups -OCH3 is 1. The molecule has 0 aromatic carbocycles. The fraction of sp³-hybridized carbons (Fsp3) is 1.00. The molecule has 4 nitrogen and oxygen atoms in total. The van der Waals surface area contributed by atoms with Crippen molar-refractivity contribution in [2.75, 3.05) is 33.9 Å². The highest BCUT2D eigenvalue weighted by atomic mass is 16.5. The number of nitrogens with zero attached hydrogens (tertiary/aromatic N) is 1. The summed E-state index contributed by atoms with van der Waals surface area (Å²) < 4.78 is 11.1. The fourth-order valence-electron chi connectivity index (χ4n) is 2.92. The Labute approximate surface area is 105 Å². The zero-order chi connectivity index (χ0) is 13.1. The molecule has 0 aromatic heterocycles. The van der Waals surface area contributed by atoms with Crippen molar-refractivity contribution >= 4 is 0 Å². The number of hydrogen-bond acceptors (Lipinski definition) is 4. The van der Waals surface area contributed by atoms with E-state index in [-0.39, 0.29) is 11.6 Å². The minimum Gasteiger partial charge on any atom is -0.383 e. The lowest BCUT2D eigenvalue weighted by Crippen LogP contribution is -2.62. The molecule has 3 unspecified atom stereocenters. The van der Waals surface area contributed by atoms with E-state index in [0.29, 0.717) is 25.1 Å². The first-order valence-corrected chi connectivity index (χ1v) is 6.53. The van der Waals surface area contributed by atoms with Crippen LogP contribution in [-0.2, 0) is 9.47 Å². The van der Waals surface area contributed by atoms with E-state index in [1.165, 1.54) is 0 Å². The first-order valence-electron chi connectivity index (χ1n) is 6.53. The number of ether oxygens (including phenoxy) is 2. The summed E-state index contributed by atoms with van der Waals surface area (Å²) in [4.78, 5) is 2.39. The lowest BCUT2D eigenvalue weighted by molar-refractivity contribution is -0.0396. The van der Waals surface area contributed by atoms with Crippen LogP contribution in [-0.4, -0.2) is 56.5 Å². The maximum Gasteiger partial charge on any atom is 0.0703 e. The SMILES string of the molecule is COCC(CN)(C(C)C)N(C)C1CCOC1C. The summed E-state index contributed by atoms with van der Waals surface area (Å²) in [5.41, 5.74) is 5.95. The maximum atomic E-state index is 6.05. The van der Waals surface area contributed by atoms with Crippen LogP contribution >= 0.6 is 0 Å². The summed E-state index contributed by atoms with van der Waals surface area (Å²) in [5.74, 6) is 0.449. The molecule has 4 heteroatoms. The van der Waals surface area contributed by atoms with Gasteiger partial charge in [-0.3, -0.25) is 4.90 Å². The Bertz CT molecular complexity index is 235. The molecule has 102 valence electrons. The van der Waals surface area contributed by atoms with Crippen molar-refractivity contribution in [1.29, 1.82) is 0 Å². The summed E-state index contributed by atoms with van der Waals surface area (Å²) in [6, 6.07) is 0.441.